The Morgan fingerprint density at radius 1 is 0.969 bits per heavy atom. The Balaban J connectivity index is 1.54. The Hall–Kier alpha value is -3.83. The molecule has 0 aliphatic heterocycles. The minimum absolute atomic E-state index is 0.0501. The van der Waals surface area contributed by atoms with Gasteiger partial charge >= 0.3 is 5.97 Å². The number of rotatable bonds is 5. The van der Waals surface area contributed by atoms with Crippen molar-refractivity contribution in [1.29, 1.82) is 0 Å². The molecule has 0 aliphatic rings. The van der Waals surface area contributed by atoms with E-state index in [0.29, 0.717) is 16.2 Å². The maximum absolute atomic E-state index is 12.8. The summed E-state index contributed by atoms with van der Waals surface area (Å²) in [6.45, 7) is 3.73. The molecule has 6 heteroatoms. The van der Waals surface area contributed by atoms with Crippen molar-refractivity contribution in [2.45, 2.75) is 13.8 Å². The molecule has 3 aromatic carbocycles. The third-order valence-electron chi connectivity index (χ3n) is 4.78. The van der Waals surface area contributed by atoms with Gasteiger partial charge in [0.2, 0.25) is 11.2 Å². The van der Waals surface area contributed by atoms with E-state index in [0.717, 1.165) is 16.7 Å². The van der Waals surface area contributed by atoms with Gasteiger partial charge in [0.1, 0.15) is 23.3 Å². The number of esters is 1. The van der Waals surface area contributed by atoms with Crippen LogP contribution in [0.4, 0.5) is 0 Å². The zero-order valence-electron chi connectivity index (χ0n) is 17.4. The summed E-state index contributed by atoms with van der Waals surface area (Å²) in [5.41, 5.74) is 2.52. The molecule has 0 saturated carbocycles. The Kier molecular flexibility index (Phi) is 6.10. The Morgan fingerprint density at radius 2 is 1.69 bits per heavy atom. The molecule has 0 aliphatic carbocycles. The van der Waals surface area contributed by atoms with E-state index in [1.54, 1.807) is 18.2 Å². The van der Waals surface area contributed by atoms with Crippen LogP contribution in [0.2, 0.25) is 5.02 Å². The van der Waals surface area contributed by atoms with E-state index in [9.17, 15) is 9.59 Å². The van der Waals surface area contributed by atoms with Gasteiger partial charge in [0.05, 0.1) is 5.39 Å². The predicted octanol–water partition coefficient (Wildman–Crippen LogP) is 6.47. The third kappa shape index (κ3) is 4.74. The first-order valence-electron chi connectivity index (χ1n) is 9.86. The maximum atomic E-state index is 12.8. The molecular formula is C26H19ClO5. The average Bonchev–Trinajstić information content (AvgIpc) is 2.78. The lowest BCUT2D eigenvalue weighted by atomic mass is 10.1. The van der Waals surface area contributed by atoms with Crippen molar-refractivity contribution in [1.82, 2.24) is 0 Å². The van der Waals surface area contributed by atoms with Crippen LogP contribution >= 0.6 is 11.6 Å². The van der Waals surface area contributed by atoms with Crippen LogP contribution in [0.25, 0.3) is 17.0 Å². The Labute approximate surface area is 189 Å². The van der Waals surface area contributed by atoms with Gasteiger partial charge in [0.25, 0.3) is 0 Å². The lowest BCUT2D eigenvalue weighted by Gasteiger charge is -2.09. The zero-order chi connectivity index (χ0) is 22.7. The Bertz CT molecular complexity index is 1360. The fraction of sp³-hybridized carbons (Fsp3) is 0.0769. The topological polar surface area (TPSA) is 65.7 Å². The largest absolute Gasteiger partial charge is 0.460 e. The second-order valence-corrected chi connectivity index (χ2v) is 7.60. The average molecular weight is 447 g/mol. The SMILES string of the molecule is Cc1cc(Oc2coc3cc(OC(=O)/C=C/c4ccccc4)ccc3c2=O)cc(C)c1Cl. The summed E-state index contributed by atoms with van der Waals surface area (Å²) in [4.78, 5) is 24.9. The van der Waals surface area contributed by atoms with Gasteiger partial charge < -0.3 is 13.9 Å². The molecule has 32 heavy (non-hydrogen) atoms. The number of aryl methyl sites for hydroxylation is 2. The second kappa shape index (κ2) is 9.12. The highest BCUT2D eigenvalue weighted by Crippen LogP contribution is 2.29. The summed E-state index contributed by atoms with van der Waals surface area (Å²) in [7, 11) is 0. The molecule has 0 saturated heterocycles. The molecule has 0 unspecified atom stereocenters. The molecule has 1 heterocycles. The van der Waals surface area contributed by atoms with Crippen molar-refractivity contribution < 1.29 is 18.7 Å². The number of hydrogen-bond donors (Lipinski definition) is 0. The highest BCUT2D eigenvalue weighted by molar-refractivity contribution is 6.32. The van der Waals surface area contributed by atoms with E-state index >= 15 is 0 Å². The second-order valence-electron chi connectivity index (χ2n) is 7.23. The lowest BCUT2D eigenvalue weighted by molar-refractivity contribution is -0.128. The first-order chi connectivity index (χ1) is 15.4. The summed E-state index contributed by atoms with van der Waals surface area (Å²) < 4.78 is 16.6. The molecular weight excluding hydrogens is 428 g/mol. The molecule has 1 aromatic heterocycles. The van der Waals surface area contributed by atoms with Gasteiger partial charge in [-0.05, 0) is 60.9 Å². The first kappa shape index (κ1) is 21.4. The molecule has 4 rings (SSSR count). The predicted molar refractivity (Wildman–Crippen MR) is 125 cm³/mol. The minimum Gasteiger partial charge on any atom is -0.460 e. The molecule has 0 spiro atoms. The van der Waals surface area contributed by atoms with Gasteiger partial charge in [-0.25, -0.2) is 4.79 Å². The molecule has 4 aromatic rings. The number of ether oxygens (including phenoxy) is 2. The number of halogens is 1. The highest BCUT2D eigenvalue weighted by Gasteiger charge is 2.12. The fourth-order valence-electron chi connectivity index (χ4n) is 3.20. The van der Waals surface area contributed by atoms with Crippen LogP contribution in [0.5, 0.6) is 17.2 Å². The third-order valence-corrected chi connectivity index (χ3v) is 5.38. The van der Waals surface area contributed by atoms with Crippen molar-refractivity contribution in [2.24, 2.45) is 0 Å². The van der Waals surface area contributed by atoms with Crippen LogP contribution < -0.4 is 14.9 Å². The molecule has 0 bridgehead atoms. The van der Waals surface area contributed by atoms with Gasteiger partial charge in [-0.3, -0.25) is 4.79 Å². The lowest BCUT2D eigenvalue weighted by Crippen LogP contribution is -2.06. The van der Waals surface area contributed by atoms with E-state index < -0.39 is 5.97 Å². The monoisotopic (exact) mass is 446 g/mol. The molecule has 0 N–H and O–H groups in total. The van der Waals surface area contributed by atoms with E-state index in [-0.39, 0.29) is 22.5 Å². The highest BCUT2D eigenvalue weighted by atomic mass is 35.5. The van der Waals surface area contributed by atoms with Gasteiger partial charge in [-0.15, -0.1) is 0 Å². The van der Waals surface area contributed by atoms with E-state index in [4.69, 9.17) is 25.5 Å². The summed E-state index contributed by atoms with van der Waals surface area (Å²) in [5.74, 6) is 0.269. The fourth-order valence-corrected chi connectivity index (χ4v) is 3.30. The summed E-state index contributed by atoms with van der Waals surface area (Å²) >= 11 is 6.19. The van der Waals surface area contributed by atoms with E-state index in [1.807, 2.05) is 44.2 Å². The van der Waals surface area contributed by atoms with Crippen LogP contribution in [-0.4, -0.2) is 5.97 Å². The molecule has 0 atom stereocenters. The molecule has 0 amide bonds. The molecule has 160 valence electrons. The number of benzene rings is 3. The van der Waals surface area contributed by atoms with Crippen molar-refractivity contribution in [3.63, 3.8) is 0 Å². The van der Waals surface area contributed by atoms with Crippen molar-refractivity contribution in [3.8, 4) is 17.2 Å². The molecule has 0 fully saturated rings. The molecule has 0 radical (unpaired) electrons. The first-order valence-corrected chi connectivity index (χ1v) is 10.2. The van der Waals surface area contributed by atoms with Crippen LogP contribution in [0, 0.1) is 13.8 Å². The van der Waals surface area contributed by atoms with Crippen molar-refractivity contribution in [2.75, 3.05) is 0 Å². The van der Waals surface area contributed by atoms with Crippen molar-refractivity contribution >= 4 is 34.6 Å². The maximum Gasteiger partial charge on any atom is 0.336 e. The van der Waals surface area contributed by atoms with Gasteiger partial charge in [0.15, 0.2) is 0 Å². The van der Waals surface area contributed by atoms with Gasteiger partial charge in [0, 0.05) is 17.2 Å². The smallest absolute Gasteiger partial charge is 0.336 e. The Morgan fingerprint density at radius 3 is 2.41 bits per heavy atom. The van der Waals surface area contributed by atoms with Crippen LogP contribution in [0.1, 0.15) is 16.7 Å². The zero-order valence-corrected chi connectivity index (χ0v) is 18.2. The van der Waals surface area contributed by atoms with Crippen LogP contribution in [0.15, 0.2) is 82.2 Å². The molecule has 5 nitrogen and oxygen atoms in total. The minimum atomic E-state index is -0.538. The number of fused-ring (bicyclic) bond motifs is 1. The number of hydrogen-bond acceptors (Lipinski definition) is 5. The summed E-state index contributed by atoms with van der Waals surface area (Å²) in [6.07, 6.45) is 4.24. The summed E-state index contributed by atoms with van der Waals surface area (Å²) in [5, 5.41) is 0.966. The van der Waals surface area contributed by atoms with Crippen molar-refractivity contribution in [3.05, 3.63) is 105 Å². The van der Waals surface area contributed by atoms with Gasteiger partial charge in [-0.1, -0.05) is 41.9 Å². The van der Waals surface area contributed by atoms with E-state index in [2.05, 4.69) is 0 Å². The van der Waals surface area contributed by atoms with E-state index in [1.165, 1.54) is 30.5 Å². The summed E-state index contributed by atoms with van der Waals surface area (Å²) in [6, 6.07) is 17.5. The number of carbonyl (C=O) groups excluding carboxylic acids is 1. The standard InChI is InChI=1S/C26H19ClO5/c1-16-12-20(13-17(2)25(16)27)31-23-15-30-22-14-19(9-10-21(22)26(23)29)32-24(28)11-8-18-6-4-3-5-7-18/h3-15H,1-2H3/b11-8+. The quantitative estimate of drug-likeness (QED) is 0.199. The number of carbonyl (C=O) groups is 1. The van der Waals surface area contributed by atoms with Crippen LogP contribution in [-0.2, 0) is 4.79 Å². The van der Waals surface area contributed by atoms with Gasteiger partial charge in [-0.2, -0.15) is 0 Å². The van der Waals surface area contributed by atoms with Crippen LogP contribution in [0.3, 0.4) is 0 Å². The normalized spacial score (nSPS) is 11.1.